The monoisotopic (exact) mass is 328 g/mol. The van der Waals surface area contributed by atoms with Crippen LogP contribution in [0.2, 0.25) is 0 Å². The Labute approximate surface area is 139 Å². The van der Waals surface area contributed by atoms with Gasteiger partial charge in [0, 0.05) is 13.0 Å². The van der Waals surface area contributed by atoms with Crippen LogP contribution in [0.4, 0.5) is 5.69 Å². The number of amides is 1. The van der Waals surface area contributed by atoms with Crippen molar-refractivity contribution in [3.8, 4) is 5.75 Å². The molecule has 0 radical (unpaired) electrons. The first-order chi connectivity index (χ1) is 11.6. The van der Waals surface area contributed by atoms with Gasteiger partial charge >= 0.3 is 0 Å². The minimum Gasteiger partial charge on any atom is -0.479 e. The lowest BCUT2D eigenvalue weighted by molar-refractivity contribution is -0.125. The van der Waals surface area contributed by atoms with E-state index in [1.165, 1.54) is 0 Å². The zero-order valence-corrected chi connectivity index (χ0v) is 13.6. The molecule has 0 saturated heterocycles. The smallest absolute Gasteiger partial charge is 0.267 e. The van der Waals surface area contributed by atoms with Crippen molar-refractivity contribution < 1.29 is 14.1 Å². The normalized spacial score (nSPS) is 21.8. The van der Waals surface area contributed by atoms with E-state index in [1.54, 1.807) is 11.8 Å². The minimum atomic E-state index is -0.500. The maximum atomic E-state index is 12.4. The molecule has 2 N–H and O–H groups in total. The fourth-order valence-electron chi connectivity index (χ4n) is 3.14. The summed E-state index contributed by atoms with van der Waals surface area (Å²) in [5.74, 6) is 1.73. The van der Waals surface area contributed by atoms with Crippen molar-refractivity contribution in [1.82, 2.24) is 10.1 Å². The van der Waals surface area contributed by atoms with Gasteiger partial charge in [-0.15, -0.1) is 0 Å². The molecule has 0 spiro atoms. The highest BCUT2D eigenvalue weighted by molar-refractivity contribution is 5.99. The van der Waals surface area contributed by atoms with Gasteiger partial charge in [-0.3, -0.25) is 4.79 Å². The summed E-state index contributed by atoms with van der Waals surface area (Å²) >= 11 is 0. The van der Waals surface area contributed by atoms with Crippen molar-refractivity contribution >= 4 is 11.6 Å². The highest BCUT2D eigenvalue weighted by Crippen LogP contribution is 2.37. The van der Waals surface area contributed by atoms with E-state index in [4.69, 9.17) is 15.0 Å². The second-order valence-electron chi connectivity index (χ2n) is 6.49. The Hall–Kier alpha value is -2.41. The number of hydrogen-bond acceptors (Lipinski definition) is 6. The molecule has 126 valence electrons. The largest absolute Gasteiger partial charge is 0.479 e. The van der Waals surface area contributed by atoms with Crippen molar-refractivity contribution in [1.29, 1.82) is 0 Å². The molecule has 1 amide bonds. The molecule has 1 aliphatic heterocycles. The molecule has 24 heavy (non-hydrogen) atoms. The van der Waals surface area contributed by atoms with Crippen LogP contribution in [0.25, 0.3) is 0 Å². The number of carbonyl (C=O) groups is 1. The van der Waals surface area contributed by atoms with Crippen LogP contribution in [0.5, 0.6) is 5.75 Å². The van der Waals surface area contributed by atoms with Gasteiger partial charge in [-0.1, -0.05) is 17.3 Å². The molecule has 1 aromatic carbocycles. The van der Waals surface area contributed by atoms with Gasteiger partial charge in [0.1, 0.15) is 5.75 Å². The number of para-hydroxylation sites is 2. The number of aromatic nitrogens is 2. The van der Waals surface area contributed by atoms with E-state index in [0.717, 1.165) is 24.9 Å². The third-order valence-corrected chi connectivity index (χ3v) is 4.78. The van der Waals surface area contributed by atoms with Crippen LogP contribution < -0.4 is 15.4 Å². The standard InChI is InChI=1S/C17H20N4O3/c1-11-15(22)21(12-5-2-3-6-13(12)23-11)10-7-14-19-16(20-24-14)17(18)8-4-9-17/h2-3,5-6,11H,4,7-10,18H2,1H3. The van der Waals surface area contributed by atoms with Crippen LogP contribution in [0.1, 0.15) is 37.9 Å². The lowest BCUT2D eigenvalue weighted by atomic mass is 9.77. The van der Waals surface area contributed by atoms with Crippen molar-refractivity contribution in [2.24, 2.45) is 5.73 Å². The molecule has 1 aromatic heterocycles. The first-order valence-electron chi connectivity index (χ1n) is 8.26. The van der Waals surface area contributed by atoms with E-state index in [0.29, 0.717) is 30.4 Å². The maximum Gasteiger partial charge on any atom is 0.267 e. The van der Waals surface area contributed by atoms with Crippen molar-refractivity contribution in [3.05, 3.63) is 36.0 Å². The van der Waals surface area contributed by atoms with E-state index < -0.39 is 11.6 Å². The van der Waals surface area contributed by atoms with Crippen LogP contribution in [0.15, 0.2) is 28.8 Å². The molecule has 1 atom stereocenters. The van der Waals surface area contributed by atoms with Gasteiger partial charge in [0.15, 0.2) is 11.9 Å². The number of anilines is 1. The number of hydrogen-bond donors (Lipinski definition) is 1. The second kappa shape index (κ2) is 5.59. The fourth-order valence-corrected chi connectivity index (χ4v) is 3.14. The molecule has 1 fully saturated rings. The van der Waals surface area contributed by atoms with Gasteiger partial charge in [0.05, 0.1) is 11.2 Å². The Morgan fingerprint density at radius 3 is 2.92 bits per heavy atom. The summed E-state index contributed by atoms with van der Waals surface area (Å²) in [6.45, 7) is 2.22. The average Bonchev–Trinajstić information content (AvgIpc) is 3.02. The molecule has 7 nitrogen and oxygen atoms in total. The summed E-state index contributed by atoms with van der Waals surface area (Å²) in [5.41, 5.74) is 6.55. The van der Waals surface area contributed by atoms with Gasteiger partial charge in [0.25, 0.3) is 5.91 Å². The summed E-state index contributed by atoms with van der Waals surface area (Å²) in [6.07, 6.45) is 2.85. The number of ether oxygens (including phenoxy) is 1. The summed E-state index contributed by atoms with van der Waals surface area (Å²) in [5, 5.41) is 4.01. The second-order valence-corrected chi connectivity index (χ2v) is 6.49. The number of nitrogens with zero attached hydrogens (tertiary/aromatic N) is 3. The molecule has 2 aromatic rings. The molecule has 0 bridgehead atoms. The van der Waals surface area contributed by atoms with Crippen LogP contribution in [-0.2, 0) is 16.8 Å². The molecule has 1 aliphatic carbocycles. The summed E-state index contributed by atoms with van der Waals surface area (Å²) in [7, 11) is 0. The zero-order valence-electron chi connectivity index (χ0n) is 13.6. The van der Waals surface area contributed by atoms with Gasteiger partial charge < -0.3 is 19.9 Å². The lowest BCUT2D eigenvalue weighted by Gasteiger charge is -2.34. The van der Waals surface area contributed by atoms with E-state index in [1.807, 2.05) is 24.3 Å². The molecule has 2 heterocycles. The van der Waals surface area contributed by atoms with Crippen molar-refractivity contribution in [3.63, 3.8) is 0 Å². The molecule has 1 unspecified atom stereocenters. The van der Waals surface area contributed by atoms with Gasteiger partial charge in [-0.2, -0.15) is 4.98 Å². The topological polar surface area (TPSA) is 94.5 Å². The Bertz CT molecular complexity index is 769. The maximum absolute atomic E-state index is 12.4. The molecule has 1 saturated carbocycles. The quantitative estimate of drug-likeness (QED) is 0.919. The Balaban J connectivity index is 1.50. The van der Waals surface area contributed by atoms with E-state index in [9.17, 15) is 4.79 Å². The van der Waals surface area contributed by atoms with Crippen LogP contribution in [-0.4, -0.2) is 28.7 Å². The zero-order chi connectivity index (χ0) is 16.7. The highest BCUT2D eigenvalue weighted by Gasteiger charge is 2.39. The predicted octanol–water partition coefficient (Wildman–Crippen LogP) is 1.76. The highest BCUT2D eigenvalue weighted by atomic mass is 16.5. The molecule has 2 aliphatic rings. The fraction of sp³-hybridized carbons (Fsp3) is 0.471. The molecular weight excluding hydrogens is 308 g/mol. The minimum absolute atomic E-state index is 0.0669. The summed E-state index contributed by atoms with van der Waals surface area (Å²) in [4.78, 5) is 18.6. The SMILES string of the molecule is CC1Oc2ccccc2N(CCc2nc(C3(N)CCC3)no2)C1=O. The predicted molar refractivity (Wildman–Crippen MR) is 86.6 cm³/mol. The Morgan fingerprint density at radius 1 is 1.38 bits per heavy atom. The first-order valence-corrected chi connectivity index (χ1v) is 8.26. The van der Waals surface area contributed by atoms with Gasteiger partial charge in [-0.25, -0.2) is 0 Å². The first kappa shape index (κ1) is 15.1. The Kier molecular flexibility index (Phi) is 3.53. The third-order valence-electron chi connectivity index (χ3n) is 4.78. The number of benzene rings is 1. The van der Waals surface area contributed by atoms with Crippen LogP contribution >= 0.6 is 0 Å². The van der Waals surface area contributed by atoms with Crippen LogP contribution in [0, 0.1) is 0 Å². The van der Waals surface area contributed by atoms with Crippen molar-refractivity contribution in [2.45, 2.75) is 44.2 Å². The van der Waals surface area contributed by atoms with Crippen molar-refractivity contribution in [2.75, 3.05) is 11.4 Å². The Morgan fingerprint density at radius 2 is 2.17 bits per heavy atom. The number of fused-ring (bicyclic) bond motifs is 1. The number of nitrogens with two attached hydrogens (primary N) is 1. The average molecular weight is 328 g/mol. The van der Waals surface area contributed by atoms with E-state index in [-0.39, 0.29) is 5.91 Å². The van der Waals surface area contributed by atoms with E-state index in [2.05, 4.69) is 10.1 Å². The number of rotatable bonds is 4. The van der Waals surface area contributed by atoms with Crippen LogP contribution in [0.3, 0.4) is 0 Å². The summed E-state index contributed by atoms with van der Waals surface area (Å²) in [6, 6.07) is 7.52. The number of carbonyl (C=O) groups excluding carboxylic acids is 1. The molecule has 4 rings (SSSR count). The van der Waals surface area contributed by atoms with E-state index >= 15 is 0 Å². The third kappa shape index (κ3) is 2.45. The molecular formula is C17H20N4O3. The molecule has 7 heteroatoms. The lowest BCUT2D eigenvalue weighted by Crippen LogP contribution is -2.45. The van der Waals surface area contributed by atoms with Gasteiger partial charge in [0.2, 0.25) is 5.89 Å². The summed E-state index contributed by atoms with van der Waals surface area (Å²) < 4.78 is 11.0. The van der Waals surface area contributed by atoms with Gasteiger partial charge in [-0.05, 0) is 38.3 Å².